The highest BCUT2D eigenvalue weighted by molar-refractivity contribution is 6.35. The quantitative estimate of drug-likeness (QED) is 0.511. The molecule has 0 amide bonds. The molecule has 0 aliphatic rings. The van der Waals surface area contributed by atoms with Crippen molar-refractivity contribution in [3.8, 4) is 0 Å². The molecule has 20 heavy (non-hydrogen) atoms. The summed E-state index contributed by atoms with van der Waals surface area (Å²) in [4.78, 5) is 17.4. The van der Waals surface area contributed by atoms with Gasteiger partial charge < -0.3 is 11.1 Å². The third kappa shape index (κ3) is 2.86. The zero-order chi connectivity index (χ0) is 14.9. The van der Waals surface area contributed by atoms with Crippen molar-refractivity contribution in [1.29, 1.82) is 0 Å². The summed E-state index contributed by atoms with van der Waals surface area (Å²) in [6.07, 6.45) is 0.956. The van der Waals surface area contributed by atoms with Gasteiger partial charge in [-0.1, -0.05) is 23.2 Å². The number of halogens is 3. The third-order valence-corrected chi connectivity index (χ3v) is 2.78. The van der Waals surface area contributed by atoms with Gasteiger partial charge in [-0.15, -0.1) is 0 Å². The number of hydrogen-bond acceptors (Lipinski definition) is 6. The Kier molecular flexibility index (Phi) is 3.86. The van der Waals surface area contributed by atoms with Crippen molar-refractivity contribution in [2.45, 2.75) is 0 Å². The van der Waals surface area contributed by atoms with Gasteiger partial charge in [0.05, 0.1) is 15.0 Å². The molecule has 0 fully saturated rings. The predicted molar refractivity (Wildman–Crippen MR) is 72.8 cm³/mol. The molecule has 0 atom stereocenters. The fourth-order valence-corrected chi connectivity index (χ4v) is 1.87. The Balaban J connectivity index is 2.44. The van der Waals surface area contributed by atoms with Gasteiger partial charge in [-0.25, -0.2) is 9.37 Å². The molecule has 2 rings (SSSR count). The average molecular weight is 318 g/mol. The molecule has 1 heterocycles. The minimum Gasteiger partial charge on any atom is -0.368 e. The second-order valence-electron chi connectivity index (χ2n) is 3.60. The summed E-state index contributed by atoms with van der Waals surface area (Å²) in [5.41, 5.74) is 5.20. The van der Waals surface area contributed by atoms with E-state index in [2.05, 4.69) is 15.3 Å². The van der Waals surface area contributed by atoms with E-state index in [9.17, 15) is 14.5 Å². The van der Waals surface area contributed by atoms with Gasteiger partial charge in [0.25, 0.3) is 0 Å². The number of nitrogens with zero attached hydrogens (tertiary/aromatic N) is 3. The molecule has 0 aliphatic carbocycles. The van der Waals surface area contributed by atoms with Crippen molar-refractivity contribution in [3.05, 3.63) is 44.3 Å². The van der Waals surface area contributed by atoms with Crippen LogP contribution in [0.5, 0.6) is 0 Å². The first-order chi connectivity index (χ1) is 9.38. The lowest BCUT2D eigenvalue weighted by molar-refractivity contribution is -0.384. The standard InChI is InChI=1S/C10H6Cl2FN5O2/c11-5-1-4(2-6(12)8(5)13)16-9-7(18(19)20)3-15-10(14)17-9/h1-3H,(H3,14,15,16,17). The first-order valence-corrected chi connectivity index (χ1v) is 5.82. The molecule has 0 bridgehead atoms. The molecule has 0 saturated carbocycles. The fourth-order valence-electron chi connectivity index (χ4n) is 1.38. The summed E-state index contributed by atoms with van der Waals surface area (Å²) in [6.45, 7) is 0. The highest BCUT2D eigenvalue weighted by Crippen LogP contribution is 2.31. The van der Waals surface area contributed by atoms with Gasteiger partial charge in [0.1, 0.15) is 6.20 Å². The molecule has 3 N–H and O–H groups in total. The van der Waals surface area contributed by atoms with Crippen LogP contribution in [-0.4, -0.2) is 14.9 Å². The highest BCUT2D eigenvalue weighted by atomic mass is 35.5. The van der Waals surface area contributed by atoms with Gasteiger partial charge >= 0.3 is 5.69 Å². The van der Waals surface area contributed by atoms with Crippen LogP contribution in [0.25, 0.3) is 0 Å². The number of nitrogens with one attached hydrogen (secondary N) is 1. The minimum atomic E-state index is -0.782. The zero-order valence-corrected chi connectivity index (χ0v) is 11.1. The second-order valence-corrected chi connectivity index (χ2v) is 4.41. The van der Waals surface area contributed by atoms with Crippen molar-refractivity contribution in [2.24, 2.45) is 0 Å². The number of nitrogen functional groups attached to an aromatic ring is 1. The van der Waals surface area contributed by atoms with Gasteiger partial charge in [0.15, 0.2) is 5.82 Å². The summed E-state index contributed by atoms with van der Waals surface area (Å²) in [5, 5.41) is 13.0. The monoisotopic (exact) mass is 317 g/mol. The molecule has 10 heteroatoms. The lowest BCUT2D eigenvalue weighted by Crippen LogP contribution is -2.04. The normalized spacial score (nSPS) is 10.3. The van der Waals surface area contributed by atoms with Crippen LogP contribution >= 0.6 is 23.2 Å². The Morgan fingerprint density at radius 1 is 1.35 bits per heavy atom. The second kappa shape index (κ2) is 5.43. The Morgan fingerprint density at radius 3 is 2.50 bits per heavy atom. The molecule has 0 radical (unpaired) electrons. The smallest absolute Gasteiger partial charge is 0.329 e. The Morgan fingerprint density at radius 2 is 1.95 bits per heavy atom. The summed E-state index contributed by atoms with van der Waals surface area (Å²) < 4.78 is 13.3. The van der Waals surface area contributed by atoms with E-state index in [4.69, 9.17) is 28.9 Å². The SMILES string of the molecule is Nc1ncc([N+](=O)[O-])c(Nc2cc(Cl)c(F)c(Cl)c2)n1. The molecule has 0 unspecified atom stereocenters. The van der Waals surface area contributed by atoms with E-state index in [1.54, 1.807) is 0 Å². The molecule has 1 aromatic carbocycles. The summed E-state index contributed by atoms with van der Waals surface area (Å²) in [5.74, 6) is -1.09. The molecular formula is C10H6Cl2FN5O2. The van der Waals surface area contributed by atoms with Crippen LogP contribution in [0.4, 0.5) is 27.5 Å². The molecule has 104 valence electrons. The first-order valence-electron chi connectivity index (χ1n) is 5.07. The van der Waals surface area contributed by atoms with Crippen molar-refractivity contribution in [3.63, 3.8) is 0 Å². The Hall–Kier alpha value is -2.19. The van der Waals surface area contributed by atoms with Gasteiger partial charge in [0, 0.05) is 5.69 Å². The zero-order valence-electron chi connectivity index (χ0n) is 9.60. The maximum atomic E-state index is 13.3. The van der Waals surface area contributed by atoms with Crippen molar-refractivity contribution in [1.82, 2.24) is 9.97 Å². The van der Waals surface area contributed by atoms with Gasteiger partial charge in [-0.05, 0) is 12.1 Å². The van der Waals surface area contributed by atoms with Crippen LogP contribution in [0.2, 0.25) is 10.0 Å². The van der Waals surface area contributed by atoms with E-state index >= 15 is 0 Å². The van der Waals surface area contributed by atoms with E-state index in [1.165, 1.54) is 12.1 Å². The number of rotatable bonds is 3. The van der Waals surface area contributed by atoms with E-state index in [-0.39, 0.29) is 27.5 Å². The summed E-state index contributed by atoms with van der Waals surface area (Å²) >= 11 is 11.3. The number of benzene rings is 1. The molecule has 7 nitrogen and oxygen atoms in total. The maximum absolute atomic E-state index is 13.3. The van der Waals surface area contributed by atoms with E-state index in [0.29, 0.717) is 0 Å². The minimum absolute atomic E-state index is 0.152. The predicted octanol–water partition coefficient (Wildman–Crippen LogP) is 3.16. The van der Waals surface area contributed by atoms with Crippen molar-refractivity contribution >= 4 is 46.3 Å². The fraction of sp³-hybridized carbons (Fsp3) is 0. The molecule has 0 spiro atoms. The van der Waals surface area contributed by atoms with Crippen molar-refractivity contribution in [2.75, 3.05) is 11.1 Å². The highest BCUT2D eigenvalue weighted by Gasteiger charge is 2.18. The molecule has 0 saturated heterocycles. The lowest BCUT2D eigenvalue weighted by atomic mass is 10.3. The molecule has 2 aromatic rings. The van der Waals surface area contributed by atoms with E-state index in [1.807, 2.05) is 0 Å². The average Bonchev–Trinajstić information content (AvgIpc) is 2.35. The van der Waals surface area contributed by atoms with Crippen LogP contribution in [-0.2, 0) is 0 Å². The van der Waals surface area contributed by atoms with Crippen LogP contribution in [0, 0.1) is 15.9 Å². The van der Waals surface area contributed by atoms with Gasteiger partial charge in [0.2, 0.25) is 11.8 Å². The number of nitrogens with two attached hydrogens (primary N) is 1. The molecule has 1 aromatic heterocycles. The third-order valence-electron chi connectivity index (χ3n) is 2.23. The summed E-state index contributed by atoms with van der Waals surface area (Å²) in [7, 11) is 0. The topological polar surface area (TPSA) is 107 Å². The lowest BCUT2D eigenvalue weighted by Gasteiger charge is -2.08. The number of hydrogen-bond donors (Lipinski definition) is 2. The van der Waals surface area contributed by atoms with Crippen LogP contribution in [0.1, 0.15) is 0 Å². The first kappa shape index (κ1) is 14.2. The Labute approximate surface area is 121 Å². The van der Waals surface area contributed by atoms with E-state index in [0.717, 1.165) is 6.20 Å². The number of anilines is 3. The van der Waals surface area contributed by atoms with Crippen LogP contribution < -0.4 is 11.1 Å². The van der Waals surface area contributed by atoms with E-state index < -0.39 is 16.4 Å². The Bertz CT molecular complexity index is 674. The maximum Gasteiger partial charge on any atom is 0.329 e. The number of nitro groups is 1. The largest absolute Gasteiger partial charge is 0.368 e. The molecule has 0 aliphatic heterocycles. The van der Waals surface area contributed by atoms with Crippen LogP contribution in [0.15, 0.2) is 18.3 Å². The van der Waals surface area contributed by atoms with Crippen molar-refractivity contribution < 1.29 is 9.31 Å². The molecular weight excluding hydrogens is 312 g/mol. The van der Waals surface area contributed by atoms with Gasteiger partial charge in [-0.3, -0.25) is 10.1 Å². The number of aromatic nitrogens is 2. The summed E-state index contributed by atoms with van der Waals surface area (Å²) in [6, 6.07) is 2.43. The van der Waals surface area contributed by atoms with Gasteiger partial charge in [-0.2, -0.15) is 4.98 Å². The van der Waals surface area contributed by atoms with Crippen LogP contribution in [0.3, 0.4) is 0 Å².